The van der Waals surface area contributed by atoms with Gasteiger partial charge in [0.15, 0.2) is 0 Å². The van der Waals surface area contributed by atoms with Gasteiger partial charge in [-0.2, -0.15) is 4.98 Å². The van der Waals surface area contributed by atoms with Crippen LogP contribution in [0.2, 0.25) is 0 Å². The molecule has 2 unspecified atom stereocenters. The molecule has 2 atom stereocenters. The van der Waals surface area contributed by atoms with Crippen LogP contribution in [0.5, 0.6) is 0 Å². The highest BCUT2D eigenvalue weighted by molar-refractivity contribution is 5.54. The maximum atomic E-state index is 5.43. The number of nitrogens with one attached hydrogen (secondary N) is 1. The van der Waals surface area contributed by atoms with Crippen LogP contribution in [-0.2, 0) is 6.42 Å². The van der Waals surface area contributed by atoms with Gasteiger partial charge in [0.2, 0.25) is 11.7 Å². The fourth-order valence-electron chi connectivity index (χ4n) is 2.59. The second-order valence-electron chi connectivity index (χ2n) is 5.14. The summed E-state index contributed by atoms with van der Waals surface area (Å²) in [6, 6.07) is 8.76. The summed E-state index contributed by atoms with van der Waals surface area (Å²) < 4.78 is 5.43. The minimum absolute atomic E-state index is 0.344. The molecule has 0 aliphatic carbocycles. The van der Waals surface area contributed by atoms with Gasteiger partial charge < -0.3 is 9.84 Å². The molecule has 3 rings (SSSR count). The van der Waals surface area contributed by atoms with E-state index in [-0.39, 0.29) is 0 Å². The van der Waals surface area contributed by atoms with Gasteiger partial charge >= 0.3 is 0 Å². The summed E-state index contributed by atoms with van der Waals surface area (Å²) >= 11 is 0. The van der Waals surface area contributed by atoms with Crippen molar-refractivity contribution in [3.8, 4) is 11.4 Å². The van der Waals surface area contributed by atoms with Crippen LogP contribution in [-0.4, -0.2) is 22.7 Å². The standard InChI is InChI=1S/C15H19N3O/c1-3-11-4-6-12(7-5-11)14-17-15(19-18-14)13-8-9-16-10(13)2/h4-7,10,13,16H,3,8-9H2,1-2H3. The van der Waals surface area contributed by atoms with Gasteiger partial charge in [-0.1, -0.05) is 36.3 Å². The van der Waals surface area contributed by atoms with Crippen molar-refractivity contribution in [2.24, 2.45) is 0 Å². The Bertz CT molecular complexity index is 547. The molecule has 1 aliphatic rings. The lowest BCUT2D eigenvalue weighted by Crippen LogP contribution is -2.21. The van der Waals surface area contributed by atoms with Crippen molar-refractivity contribution >= 4 is 0 Å². The van der Waals surface area contributed by atoms with E-state index in [0.29, 0.717) is 17.8 Å². The molecule has 2 heterocycles. The maximum absolute atomic E-state index is 5.43. The van der Waals surface area contributed by atoms with E-state index in [1.165, 1.54) is 5.56 Å². The first-order chi connectivity index (χ1) is 9.28. The van der Waals surface area contributed by atoms with E-state index in [4.69, 9.17) is 4.52 Å². The van der Waals surface area contributed by atoms with Crippen molar-refractivity contribution in [1.82, 2.24) is 15.5 Å². The van der Waals surface area contributed by atoms with Crippen LogP contribution in [0.25, 0.3) is 11.4 Å². The molecule has 1 aliphatic heterocycles. The van der Waals surface area contributed by atoms with Gasteiger partial charge in [0.1, 0.15) is 0 Å². The molecule has 4 heteroatoms. The van der Waals surface area contributed by atoms with E-state index < -0.39 is 0 Å². The molecule has 0 amide bonds. The molecule has 19 heavy (non-hydrogen) atoms. The number of aryl methyl sites for hydroxylation is 1. The average Bonchev–Trinajstić information content (AvgIpc) is 3.07. The van der Waals surface area contributed by atoms with Crippen LogP contribution >= 0.6 is 0 Å². The van der Waals surface area contributed by atoms with Crippen molar-refractivity contribution in [3.05, 3.63) is 35.7 Å². The van der Waals surface area contributed by atoms with E-state index in [9.17, 15) is 0 Å². The van der Waals surface area contributed by atoms with E-state index in [2.05, 4.69) is 53.6 Å². The Morgan fingerprint density at radius 3 is 2.74 bits per heavy atom. The highest BCUT2D eigenvalue weighted by atomic mass is 16.5. The number of hydrogen-bond acceptors (Lipinski definition) is 4. The first-order valence-electron chi connectivity index (χ1n) is 6.94. The van der Waals surface area contributed by atoms with Crippen LogP contribution in [0, 0.1) is 0 Å². The third-order valence-corrected chi connectivity index (χ3v) is 3.90. The number of rotatable bonds is 3. The molecule has 1 fully saturated rings. The molecular formula is C15H19N3O. The zero-order valence-corrected chi connectivity index (χ0v) is 11.4. The van der Waals surface area contributed by atoms with Gasteiger partial charge in [-0.3, -0.25) is 0 Å². The normalized spacial score (nSPS) is 22.8. The highest BCUT2D eigenvalue weighted by Gasteiger charge is 2.29. The van der Waals surface area contributed by atoms with Crippen molar-refractivity contribution in [2.45, 2.75) is 38.6 Å². The largest absolute Gasteiger partial charge is 0.339 e. The summed E-state index contributed by atoms with van der Waals surface area (Å²) in [5.41, 5.74) is 2.34. The van der Waals surface area contributed by atoms with E-state index in [0.717, 1.165) is 30.8 Å². The minimum Gasteiger partial charge on any atom is -0.339 e. The van der Waals surface area contributed by atoms with Gasteiger partial charge in [0.25, 0.3) is 0 Å². The third kappa shape index (κ3) is 2.40. The van der Waals surface area contributed by atoms with Crippen molar-refractivity contribution in [1.29, 1.82) is 0 Å². The predicted molar refractivity (Wildman–Crippen MR) is 73.9 cm³/mol. The van der Waals surface area contributed by atoms with Crippen LogP contribution in [0.3, 0.4) is 0 Å². The first-order valence-corrected chi connectivity index (χ1v) is 6.94. The summed E-state index contributed by atoms with van der Waals surface area (Å²) in [4.78, 5) is 4.55. The summed E-state index contributed by atoms with van der Waals surface area (Å²) in [5.74, 6) is 1.79. The van der Waals surface area contributed by atoms with E-state index in [1.54, 1.807) is 0 Å². The van der Waals surface area contributed by atoms with Gasteiger partial charge in [0.05, 0.1) is 5.92 Å². The smallest absolute Gasteiger partial charge is 0.231 e. The molecule has 0 radical (unpaired) electrons. The van der Waals surface area contributed by atoms with Crippen LogP contribution < -0.4 is 5.32 Å². The first kappa shape index (κ1) is 12.4. The van der Waals surface area contributed by atoms with Crippen LogP contribution in [0.1, 0.15) is 37.6 Å². The molecule has 0 saturated carbocycles. The molecule has 2 aromatic rings. The maximum Gasteiger partial charge on any atom is 0.231 e. The molecule has 1 N–H and O–H groups in total. The number of benzene rings is 1. The Hall–Kier alpha value is -1.68. The molecule has 1 aromatic carbocycles. The fourth-order valence-corrected chi connectivity index (χ4v) is 2.59. The van der Waals surface area contributed by atoms with Crippen molar-refractivity contribution in [2.75, 3.05) is 6.54 Å². The molecule has 0 spiro atoms. The van der Waals surface area contributed by atoms with Gasteiger partial charge in [-0.15, -0.1) is 0 Å². The average molecular weight is 257 g/mol. The third-order valence-electron chi connectivity index (χ3n) is 3.90. The molecule has 1 aromatic heterocycles. The Kier molecular flexibility index (Phi) is 3.34. The van der Waals surface area contributed by atoms with Crippen molar-refractivity contribution < 1.29 is 4.52 Å². The summed E-state index contributed by atoms with van der Waals surface area (Å²) in [6.07, 6.45) is 2.11. The quantitative estimate of drug-likeness (QED) is 0.918. The Balaban J connectivity index is 1.83. The van der Waals surface area contributed by atoms with Gasteiger partial charge in [0, 0.05) is 11.6 Å². The fraction of sp³-hybridized carbons (Fsp3) is 0.467. The zero-order valence-electron chi connectivity index (χ0n) is 11.4. The lowest BCUT2D eigenvalue weighted by atomic mass is 10.0. The minimum atomic E-state index is 0.344. The van der Waals surface area contributed by atoms with Crippen LogP contribution in [0.15, 0.2) is 28.8 Å². The SMILES string of the molecule is CCc1ccc(-c2noc(C3CCNC3C)n2)cc1. The van der Waals surface area contributed by atoms with E-state index >= 15 is 0 Å². The van der Waals surface area contributed by atoms with Crippen LogP contribution in [0.4, 0.5) is 0 Å². The Morgan fingerprint density at radius 2 is 2.11 bits per heavy atom. The Labute approximate surface area is 113 Å². The number of hydrogen-bond donors (Lipinski definition) is 1. The van der Waals surface area contributed by atoms with Crippen molar-refractivity contribution in [3.63, 3.8) is 0 Å². The highest BCUT2D eigenvalue weighted by Crippen LogP contribution is 2.28. The van der Waals surface area contributed by atoms with E-state index in [1.807, 2.05) is 0 Å². The number of aromatic nitrogens is 2. The molecule has 1 saturated heterocycles. The molecular weight excluding hydrogens is 238 g/mol. The molecule has 0 bridgehead atoms. The van der Waals surface area contributed by atoms with Gasteiger partial charge in [-0.05, 0) is 31.9 Å². The lowest BCUT2D eigenvalue weighted by molar-refractivity contribution is 0.345. The zero-order chi connectivity index (χ0) is 13.2. The molecule has 100 valence electrons. The molecule has 4 nitrogen and oxygen atoms in total. The summed E-state index contributed by atoms with van der Waals surface area (Å²) in [7, 11) is 0. The topological polar surface area (TPSA) is 51.0 Å². The number of nitrogens with zero attached hydrogens (tertiary/aromatic N) is 2. The lowest BCUT2D eigenvalue weighted by Gasteiger charge is -2.08. The summed E-state index contributed by atoms with van der Waals surface area (Å²) in [5, 5.41) is 7.51. The van der Waals surface area contributed by atoms with Gasteiger partial charge in [-0.25, -0.2) is 0 Å². The second kappa shape index (κ2) is 5.13. The Morgan fingerprint density at radius 1 is 1.32 bits per heavy atom. The predicted octanol–water partition coefficient (Wildman–Crippen LogP) is 2.76. The monoisotopic (exact) mass is 257 g/mol. The second-order valence-corrected chi connectivity index (χ2v) is 5.14. The summed E-state index contributed by atoms with van der Waals surface area (Å²) in [6.45, 7) is 5.34.